The molecule has 2 saturated heterocycles. The van der Waals surface area contributed by atoms with Crippen molar-refractivity contribution in [1.29, 1.82) is 0 Å². The number of sulfone groups is 1. The highest BCUT2D eigenvalue weighted by Crippen LogP contribution is 2.34. The molecular weight excluding hydrogens is 350 g/mol. The van der Waals surface area contributed by atoms with Gasteiger partial charge in [-0.05, 0) is 55.9 Å². The number of hydrogen-bond donors (Lipinski definition) is 1. The van der Waals surface area contributed by atoms with E-state index < -0.39 is 9.84 Å². The van der Waals surface area contributed by atoms with Gasteiger partial charge in [-0.1, -0.05) is 6.07 Å². The van der Waals surface area contributed by atoms with Crippen LogP contribution in [0.2, 0.25) is 0 Å². The number of fused-ring (bicyclic) bond motifs is 1. The van der Waals surface area contributed by atoms with Gasteiger partial charge < -0.3 is 10.2 Å². The van der Waals surface area contributed by atoms with E-state index in [2.05, 4.69) is 16.3 Å². The molecule has 142 valence electrons. The molecule has 1 aromatic carbocycles. The van der Waals surface area contributed by atoms with E-state index in [-0.39, 0.29) is 29.6 Å². The van der Waals surface area contributed by atoms with Crippen LogP contribution < -0.4 is 5.32 Å². The summed E-state index contributed by atoms with van der Waals surface area (Å²) in [5.41, 5.74) is 2.96. The minimum Gasteiger partial charge on any atom is -0.318 e. The first kappa shape index (κ1) is 17.8. The quantitative estimate of drug-likeness (QED) is 0.875. The number of hydrogen-bond acceptors (Lipinski definition) is 4. The second-order valence-electron chi connectivity index (χ2n) is 8.15. The van der Waals surface area contributed by atoms with Crippen molar-refractivity contribution in [2.75, 3.05) is 36.5 Å². The Bertz CT molecular complexity index is 799. The van der Waals surface area contributed by atoms with Gasteiger partial charge in [0, 0.05) is 31.4 Å². The maximum Gasteiger partial charge on any atom is 0.322 e. The number of carbonyl (C=O) groups is 1. The number of anilines is 1. The van der Waals surface area contributed by atoms with Gasteiger partial charge in [0.05, 0.1) is 17.5 Å². The molecule has 3 aliphatic rings. The third-order valence-corrected chi connectivity index (χ3v) is 7.41. The first-order valence-electron chi connectivity index (χ1n) is 9.41. The summed E-state index contributed by atoms with van der Waals surface area (Å²) < 4.78 is 24.5. The first-order valence-corrected chi connectivity index (χ1v) is 11.2. The number of nitrogens with one attached hydrogen (secondary N) is 1. The number of carbonyl (C=O) groups excluding carboxylic acids is 1. The number of urea groups is 1. The molecule has 7 heteroatoms. The third kappa shape index (κ3) is 3.74. The van der Waals surface area contributed by atoms with Crippen molar-refractivity contribution in [1.82, 2.24) is 9.80 Å². The van der Waals surface area contributed by atoms with Crippen LogP contribution in [-0.4, -0.2) is 67.5 Å². The Morgan fingerprint density at radius 1 is 1.08 bits per heavy atom. The van der Waals surface area contributed by atoms with E-state index in [4.69, 9.17) is 0 Å². The number of amides is 2. The fourth-order valence-electron chi connectivity index (χ4n) is 4.38. The second kappa shape index (κ2) is 6.53. The molecule has 0 aromatic heterocycles. The first-order chi connectivity index (χ1) is 12.3. The van der Waals surface area contributed by atoms with Crippen molar-refractivity contribution in [3.63, 3.8) is 0 Å². The van der Waals surface area contributed by atoms with E-state index in [1.54, 1.807) is 4.90 Å². The van der Waals surface area contributed by atoms with E-state index in [0.717, 1.165) is 35.8 Å². The zero-order valence-corrected chi connectivity index (χ0v) is 16.3. The van der Waals surface area contributed by atoms with Gasteiger partial charge in [0.1, 0.15) is 0 Å². The normalized spacial score (nSPS) is 28.0. The van der Waals surface area contributed by atoms with Gasteiger partial charge in [-0.15, -0.1) is 0 Å². The van der Waals surface area contributed by atoms with Crippen LogP contribution in [0.15, 0.2) is 18.2 Å². The Hall–Kier alpha value is -1.60. The fourth-order valence-corrected chi connectivity index (χ4v) is 6.39. The lowest BCUT2D eigenvalue weighted by Crippen LogP contribution is -2.61. The van der Waals surface area contributed by atoms with Crippen LogP contribution in [0.1, 0.15) is 24.0 Å². The van der Waals surface area contributed by atoms with E-state index in [9.17, 15) is 13.2 Å². The van der Waals surface area contributed by atoms with Crippen LogP contribution >= 0.6 is 0 Å². The molecule has 2 amide bonds. The lowest BCUT2D eigenvalue weighted by molar-refractivity contribution is 0.0672. The molecule has 1 N–H and O–H groups in total. The van der Waals surface area contributed by atoms with E-state index in [1.807, 2.05) is 26.0 Å². The molecule has 3 fully saturated rings. The number of rotatable bonds is 3. The van der Waals surface area contributed by atoms with Crippen LogP contribution in [0.5, 0.6) is 0 Å². The minimum atomic E-state index is -3.09. The Morgan fingerprint density at radius 2 is 1.73 bits per heavy atom. The zero-order chi connectivity index (χ0) is 18.5. The molecule has 1 aromatic rings. The SMILES string of the molecule is Cc1cc(C)cc(NC(=O)N2CCN(CC3CC3)[C@@H]3CS(=O)(=O)C[C@@H]32)c1. The zero-order valence-electron chi connectivity index (χ0n) is 15.4. The summed E-state index contributed by atoms with van der Waals surface area (Å²) >= 11 is 0. The average molecular weight is 378 g/mol. The number of aryl methyl sites for hydroxylation is 2. The number of benzene rings is 1. The smallest absolute Gasteiger partial charge is 0.318 e. The predicted molar refractivity (Wildman–Crippen MR) is 102 cm³/mol. The molecule has 0 spiro atoms. The van der Waals surface area contributed by atoms with Crippen LogP contribution in [0.4, 0.5) is 10.5 Å². The monoisotopic (exact) mass is 377 g/mol. The van der Waals surface area contributed by atoms with E-state index >= 15 is 0 Å². The number of piperazine rings is 1. The van der Waals surface area contributed by atoms with Gasteiger partial charge in [-0.2, -0.15) is 0 Å². The summed E-state index contributed by atoms with van der Waals surface area (Å²) in [4.78, 5) is 16.9. The highest BCUT2D eigenvalue weighted by atomic mass is 32.2. The van der Waals surface area contributed by atoms with Crippen molar-refractivity contribution in [3.05, 3.63) is 29.3 Å². The molecule has 0 radical (unpaired) electrons. The van der Waals surface area contributed by atoms with E-state index in [1.165, 1.54) is 12.8 Å². The molecule has 1 aliphatic carbocycles. The summed E-state index contributed by atoms with van der Waals surface area (Å²) in [7, 11) is -3.09. The summed E-state index contributed by atoms with van der Waals surface area (Å²) in [6.07, 6.45) is 2.50. The predicted octanol–water partition coefficient (Wildman–Crippen LogP) is 2.03. The summed E-state index contributed by atoms with van der Waals surface area (Å²) in [6, 6.07) is 5.46. The summed E-state index contributed by atoms with van der Waals surface area (Å²) in [5, 5.41) is 2.97. The van der Waals surface area contributed by atoms with Crippen LogP contribution in [0.3, 0.4) is 0 Å². The lowest BCUT2D eigenvalue weighted by Gasteiger charge is -2.43. The van der Waals surface area contributed by atoms with E-state index in [0.29, 0.717) is 6.54 Å². The largest absolute Gasteiger partial charge is 0.322 e. The van der Waals surface area contributed by atoms with Gasteiger partial charge in [-0.25, -0.2) is 13.2 Å². The third-order valence-electron chi connectivity index (χ3n) is 5.71. The van der Waals surface area contributed by atoms with Crippen molar-refractivity contribution in [2.24, 2.45) is 5.92 Å². The lowest BCUT2D eigenvalue weighted by atomic mass is 10.0. The second-order valence-corrected chi connectivity index (χ2v) is 10.3. The van der Waals surface area contributed by atoms with Gasteiger partial charge in [-0.3, -0.25) is 4.90 Å². The molecule has 2 aliphatic heterocycles. The summed E-state index contributed by atoms with van der Waals surface area (Å²) in [6.45, 7) is 6.31. The molecule has 1 saturated carbocycles. The van der Waals surface area contributed by atoms with Crippen LogP contribution in [0, 0.1) is 19.8 Å². The van der Waals surface area contributed by atoms with Gasteiger partial charge in [0.25, 0.3) is 0 Å². The molecule has 0 bridgehead atoms. The maximum absolute atomic E-state index is 12.9. The van der Waals surface area contributed by atoms with Gasteiger partial charge >= 0.3 is 6.03 Å². The van der Waals surface area contributed by atoms with Crippen molar-refractivity contribution >= 4 is 21.6 Å². The Kier molecular flexibility index (Phi) is 4.47. The average Bonchev–Trinajstić information content (AvgIpc) is 3.27. The molecule has 6 nitrogen and oxygen atoms in total. The molecule has 26 heavy (non-hydrogen) atoms. The maximum atomic E-state index is 12.9. The summed E-state index contributed by atoms with van der Waals surface area (Å²) in [5.74, 6) is 0.978. The standard InChI is InChI=1S/C19H27N3O3S/c1-13-7-14(2)9-16(8-13)20-19(23)22-6-5-21(10-15-3-4-15)17-11-26(24,25)12-18(17)22/h7-9,15,17-18H,3-6,10-12H2,1-2H3,(H,20,23)/t17-,18+/m1/s1. The highest BCUT2D eigenvalue weighted by molar-refractivity contribution is 7.91. The van der Waals surface area contributed by atoms with Crippen molar-refractivity contribution < 1.29 is 13.2 Å². The van der Waals surface area contributed by atoms with Crippen LogP contribution in [0.25, 0.3) is 0 Å². The fraction of sp³-hybridized carbons (Fsp3) is 0.632. The molecular formula is C19H27N3O3S. The molecule has 4 rings (SSSR count). The molecule has 2 heterocycles. The molecule has 0 unspecified atom stereocenters. The number of nitrogens with zero attached hydrogens (tertiary/aromatic N) is 2. The minimum absolute atomic E-state index is 0.0562. The Balaban J connectivity index is 1.51. The molecule has 2 atom stereocenters. The van der Waals surface area contributed by atoms with Crippen molar-refractivity contribution in [3.8, 4) is 0 Å². The van der Waals surface area contributed by atoms with Crippen molar-refractivity contribution in [2.45, 2.75) is 38.8 Å². The Morgan fingerprint density at radius 3 is 2.38 bits per heavy atom. The van der Waals surface area contributed by atoms with Crippen LogP contribution in [-0.2, 0) is 9.84 Å². The van der Waals surface area contributed by atoms with Gasteiger partial charge in [0.15, 0.2) is 9.84 Å². The van der Waals surface area contributed by atoms with Gasteiger partial charge in [0.2, 0.25) is 0 Å². The Labute approximate surface area is 155 Å². The topological polar surface area (TPSA) is 69.7 Å². The highest BCUT2D eigenvalue weighted by Gasteiger charge is 2.48.